The van der Waals surface area contributed by atoms with Crippen LogP contribution in [0.2, 0.25) is 0 Å². The first kappa shape index (κ1) is 15.7. The van der Waals surface area contributed by atoms with Crippen molar-refractivity contribution in [2.45, 2.75) is 32.7 Å². The Morgan fingerprint density at radius 3 is 2.90 bits per heavy atom. The van der Waals surface area contributed by atoms with E-state index in [4.69, 9.17) is 5.11 Å². The van der Waals surface area contributed by atoms with Gasteiger partial charge in [0.25, 0.3) is 11.5 Å². The third-order valence-electron chi connectivity index (χ3n) is 3.52. The van der Waals surface area contributed by atoms with Crippen molar-refractivity contribution in [3.63, 3.8) is 0 Å². The number of aromatic nitrogens is 2. The first-order valence-corrected chi connectivity index (χ1v) is 7.67. The van der Waals surface area contributed by atoms with Gasteiger partial charge in [-0.2, -0.15) is 0 Å². The van der Waals surface area contributed by atoms with Gasteiger partial charge in [-0.05, 0) is 25.3 Å². The topological polar surface area (TPSA) is 84.2 Å². The largest absolute Gasteiger partial charge is 0.396 e. The zero-order chi connectivity index (χ0) is 15.6. The molecule has 0 aliphatic heterocycles. The number of fused-ring (bicyclic) bond motifs is 1. The second-order valence-corrected chi connectivity index (χ2v) is 5.99. The van der Waals surface area contributed by atoms with Gasteiger partial charge in [0.2, 0.25) is 0 Å². The molecule has 2 heterocycles. The molecule has 0 aliphatic carbocycles. The molecule has 0 fully saturated rings. The van der Waals surface area contributed by atoms with Crippen LogP contribution in [0.25, 0.3) is 10.2 Å². The lowest BCUT2D eigenvalue weighted by atomic mass is 10.1. The van der Waals surface area contributed by atoms with Crippen LogP contribution in [0.5, 0.6) is 0 Å². The Balaban J connectivity index is 2.39. The zero-order valence-corrected chi connectivity index (χ0v) is 13.2. The van der Waals surface area contributed by atoms with Crippen LogP contribution in [0.1, 0.15) is 35.0 Å². The SMILES string of the molecule is CCC(CCO)NC(=O)c1sc2ncn(C)c(=O)c2c1C. The van der Waals surface area contributed by atoms with Crippen LogP contribution in [-0.2, 0) is 7.05 Å². The molecule has 0 spiro atoms. The fourth-order valence-electron chi connectivity index (χ4n) is 2.21. The highest BCUT2D eigenvalue weighted by Gasteiger charge is 2.20. The third-order valence-corrected chi connectivity index (χ3v) is 4.72. The molecule has 6 nitrogen and oxygen atoms in total. The number of aryl methyl sites for hydroxylation is 2. The maximum absolute atomic E-state index is 12.4. The summed E-state index contributed by atoms with van der Waals surface area (Å²) in [5.74, 6) is -0.210. The van der Waals surface area contributed by atoms with Gasteiger partial charge in [-0.1, -0.05) is 6.92 Å². The van der Waals surface area contributed by atoms with Crippen LogP contribution in [0.3, 0.4) is 0 Å². The number of carbonyl (C=O) groups excluding carboxylic acids is 1. The highest BCUT2D eigenvalue weighted by Crippen LogP contribution is 2.26. The summed E-state index contributed by atoms with van der Waals surface area (Å²) in [5, 5.41) is 12.4. The van der Waals surface area contributed by atoms with E-state index in [0.717, 1.165) is 6.42 Å². The number of aliphatic hydroxyl groups excluding tert-OH is 1. The lowest BCUT2D eigenvalue weighted by Crippen LogP contribution is -2.34. The van der Waals surface area contributed by atoms with Gasteiger partial charge in [-0.3, -0.25) is 9.59 Å². The summed E-state index contributed by atoms with van der Waals surface area (Å²) < 4.78 is 1.41. The summed E-state index contributed by atoms with van der Waals surface area (Å²) in [6.45, 7) is 3.76. The number of aliphatic hydroxyl groups is 1. The van der Waals surface area contributed by atoms with Crippen molar-refractivity contribution < 1.29 is 9.90 Å². The molecule has 1 amide bonds. The summed E-state index contributed by atoms with van der Waals surface area (Å²) in [5.41, 5.74) is 0.523. The normalized spacial score (nSPS) is 12.6. The average Bonchev–Trinajstić information content (AvgIpc) is 2.80. The molecular weight excluding hydrogens is 290 g/mol. The minimum absolute atomic E-state index is 0.0340. The molecule has 0 bridgehead atoms. The molecule has 0 saturated carbocycles. The van der Waals surface area contributed by atoms with Crippen LogP contribution in [0.4, 0.5) is 0 Å². The number of nitrogens with one attached hydrogen (secondary N) is 1. The number of nitrogens with zero attached hydrogens (tertiary/aromatic N) is 2. The highest BCUT2D eigenvalue weighted by molar-refractivity contribution is 7.20. The summed E-state index contributed by atoms with van der Waals surface area (Å²) >= 11 is 1.23. The number of hydrogen-bond donors (Lipinski definition) is 2. The van der Waals surface area contributed by atoms with E-state index in [0.29, 0.717) is 27.1 Å². The van der Waals surface area contributed by atoms with E-state index in [2.05, 4.69) is 10.3 Å². The van der Waals surface area contributed by atoms with Gasteiger partial charge < -0.3 is 15.0 Å². The maximum Gasteiger partial charge on any atom is 0.262 e. The van der Waals surface area contributed by atoms with Crippen LogP contribution in [-0.4, -0.2) is 33.2 Å². The standard InChI is InChI=1S/C14H19N3O3S/c1-4-9(5-6-18)16-12(19)11-8(2)10-13(21-11)15-7-17(3)14(10)20/h7,9,18H,4-6H2,1-3H3,(H,16,19). The number of rotatable bonds is 5. The van der Waals surface area contributed by atoms with Gasteiger partial charge >= 0.3 is 0 Å². The van der Waals surface area contributed by atoms with Crippen molar-refractivity contribution in [3.8, 4) is 0 Å². The molecule has 21 heavy (non-hydrogen) atoms. The second-order valence-electron chi connectivity index (χ2n) is 4.99. The third kappa shape index (κ3) is 2.98. The van der Waals surface area contributed by atoms with Crippen LogP contribution >= 0.6 is 11.3 Å². The quantitative estimate of drug-likeness (QED) is 0.869. The molecule has 1 atom stereocenters. The lowest BCUT2D eigenvalue weighted by Gasteiger charge is -2.15. The maximum atomic E-state index is 12.4. The van der Waals surface area contributed by atoms with E-state index in [9.17, 15) is 9.59 Å². The zero-order valence-electron chi connectivity index (χ0n) is 12.3. The van der Waals surface area contributed by atoms with Crippen molar-refractivity contribution in [3.05, 3.63) is 27.1 Å². The van der Waals surface area contributed by atoms with E-state index in [1.165, 1.54) is 22.2 Å². The van der Waals surface area contributed by atoms with Gasteiger partial charge in [0, 0.05) is 19.7 Å². The van der Waals surface area contributed by atoms with Crippen molar-refractivity contribution >= 4 is 27.5 Å². The molecule has 0 aromatic carbocycles. The minimum Gasteiger partial charge on any atom is -0.396 e. The molecule has 0 saturated heterocycles. The Morgan fingerprint density at radius 1 is 1.57 bits per heavy atom. The molecule has 0 aliphatic rings. The first-order chi connectivity index (χ1) is 9.99. The lowest BCUT2D eigenvalue weighted by molar-refractivity contribution is 0.0933. The number of thiophene rings is 1. The van der Waals surface area contributed by atoms with Crippen LogP contribution in [0.15, 0.2) is 11.1 Å². The monoisotopic (exact) mass is 309 g/mol. The fraction of sp³-hybridized carbons (Fsp3) is 0.500. The molecule has 2 rings (SSSR count). The smallest absolute Gasteiger partial charge is 0.262 e. The number of hydrogen-bond acceptors (Lipinski definition) is 5. The van der Waals surface area contributed by atoms with Gasteiger partial charge in [-0.15, -0.1) is 11.3 Å². The Hall–Kier alpha value is -1.73. The fourth-order valence-corrected chi connectivity index (χ4v) is 3.25. The average molecular weight is 309 g/mol. The molecule has 7 heteroatoms. The predicted molar refractivity (Wildman–Crippen MR) is 82.8 cm³/mol. The summed E-state index contributed by atoms with van der Waals surface area (Å²) in [6, 6.07) is -0.0668. The van der Waals surface area contributed by atoms with Crippen molar-refractivity contribution in [1.29, 1.82) is 0 Å². The highest BCUT2D eigenvalue weighted by atomic mass is 32.1. The first-order valence-electron chi connectivity index (χ1n) is 6.86. The van der Waals surface area contributed by atoms with E-state index in [1.807, 2.05) is 6.92 Å². The van der Waals surface area contributed by atoms with Gasteiger partial charge in [0.1, 0.15) is 4.83 Å². The summed E-state index contributed by atoms with van der Waals surface area (Å²) in [6.07, 6.45) is 2.73. The molecule has 2 aromatic rings. The van der Waals surface area contributed by atoms with E-state index in [1.54, 1.807) is 14.0 Å². The Morgan fingerprint density at radius 2 is 2.29 bits per heavy atom. The molecule has 2 N–H and O–H groups in total. The Kier molecular flexibility index (Phi) is 4.74. The Labute approximate surface area is 126 Å². The number of carbonyl (C=O) groups is 1. The molecule has 2 aromatic heterocycles. The van der Waals surface area contributed by atoms with E-state index < -0.39 is 0 Å². The van der Waals surface area contributed by atoms with Gasteiger partial charge in [-0.25, -0.2) is 4.98 Å². The number of amides is 1. The predicted octanol–water partition coefficient (Wildman–Crippen LogP) is 1.19. The van der Waals surface area contributed by atoms with Crippen molar-refractivity contribution in [2.24, 2.45) is 7.05 Å². The molecule has 0 radical (unpaired) electrons. The minimum atomic E-state index is -0.210. The summed E-state index contributed by atoms with van der Waals surface area (Å²) in [4.78, 5) is 29.8. The molecule has 114 valence electrons. The van der Waals surface area contributed by atoms with Crippen molar-refractivity contribution in [2.75, 3.05) is 6.61 Å². The van der Waals surface area contributed by atoms with Gasteiger partial charge in [0.15, 0.2) is 0 Å². The van der Waals surface area contributed by atoms with Crippen LogP contribution < -0.4 is 10.9 Å². The van der Waals surface area contributed by atoms with Gasteiger partial charge in [0.05, 0.1) is 16.6 Å². The Bertz CT molecular complexity index is 720. The van der Waals surface area contributed by atoms with Crippen LogP contribution in [0, 0.1) is 6.92 Å². The van der Waals surface area contributed by atoms with E-state index >= 15 is 0 Å². The second kappa shape index (κ2) is 6.36. The van der Waals surface area contributed by atoms with E-state index in [-0.39, 0.29) is 24.1 Å². The van der Waals surface area contributed by atoms with Crippen molar-refractivity contribution in [1.82, 2.24) is 14.9 Å². The summed E-state index contributed by atoms with van der Waals surface area (Å²) in [7, 11) is 1.64. The molecule has 1 unspecified atom stereocenters. The molecular formula is C14H19N3O3S.